The van der Waals surface area contributed by atoms with E-state index in [1.807, 2.05) is 31.3 Å². The average molecular weight is 285 g/mol. The van der Waals surface area contributed by atoms with Crippen molar-refractivity contribution in [2.24, 2.45) is 0 Å². The summed E-state index contributed by atoms with van der Waals surface area (Å²) in [6.07, 6.45) is 2.34. The van der Waals surface area contributed by atoms with Crippen LogP contribution in [0.25, 0.3) is 11.3 Å². The lowest BCUT2D eigenvalue weighted by molar-refractivity contribution is 0.356. The molecule has 0 radical (unpaired) electrons. The number of ether oxygens (including phenoxy) is 2. The van der Waals surface area contributed by atoms with E-state index in [9.17, 15) is 0 Å². The fraction of sp³-hybridized carbons (Fsp3) is 0.375. The summed E-state index contributed by atoms with van der Waals surface area (Å²) in [4.78, 5) is 9.25. The van der Waals surface area contributed by atoms with Gasteiger partial charge in [-0.25, -0.2) is 9.97 Å². The van der Waals surface area contributed by atoms with Crippen molar-refractivity contribution in [1.29, 1.82) is 0 Å². The molecule has 110 valence electrons. The molecule has 5 nitrogen and oxygen atoms in total. The maximum absolute atomic E-state index is 5.51. The lowest BCUT2D eigenvalue weighted by atomic mass is 10.1. The predicted octanol–water partition coefficient (Wildman–Crippen LogP) is 3.08. The Morgan fingerprint density at radius 1 is 1.14 bits per heavy atom. The highest BCUT2D eigenvalue weighted by Gasteiger charge is 2.28. The van der Waals surface area contributed by atoms with Gasteiger partial charge in [0, 0.05) is 24.6 Å². The highest BCUT2D eigenvalue weighted by Crippen LogP contribution is 2.41. The molecule has 1 aromatic heterocycles. The second-order valence-corrected chi connectivity index (χ2v) is 5.06. The zero-order valence-corrected chi connectivity index (χ0v) is 12.5. The second kappa shape index (κ2) is 5.60. The van der Waals surface area contributed by atoms with Crippen LogP contribution < -0.4 is 14.8 Å². The summed E-state index contributed by atoms with van der Waals surface area (Å²) in [6, 6.07) is 7.74. The lowest BCUT2D eigenvalue weighted by Crippen LogP contribution is -2.02. The quantitative estimate of drug-likeness (QED) is 0.915. The molecule has 21 heavy (non-hydrogen) atoms. The van der Waals surface area contributed by atoms with Crippen LogP contribution in [0.15, 0.2) is 24.3 Å². The van der Waals surface area contributed by atoms with E-state index in [1.165, 1.54) is 12.8 Å². The van der Waals surface area contributed by atoms with Crippen LogP contribution in [0.4, 0.5) is 5.82 Å². The van der Waals surface area contributed by atoms with E-state index in [0.717, 1.165) is 22.9 Å². The number of nitrogens with one attached hydrogen (secondary N) is 1. The molecule has 1 aliphatic rings. The van der Waals surface area contributed by atoms with Crippen LogP contribution >= 0.6 is 0 Å². The number of nitrogens with zero attached hydrogens (tertiary/aromatic N) is 2. The Morgan fingerprint density at radius 2 is 1.95 bits per heavy atom. The van der Waals surface area contributed by atoms with Crippen molar-refractivity contribution < 1.29 is 9.47 Å². The normalized spacial score (nSPS) is 13.9. The van der Waals surface area contributed by atoms with Gasteiger partial charge in [0.1, 0.15) is 11.6 Å². The molecule has 1 aliphatic carbocycles. The molecular weight excluding hydrogens is 266 g/mol. The first-order valence-electron chi connectivity index (χ1n) is 7.05. The lowest BCUT2D eigenvalue weighted by Gasteiger charge is -2.13. The first-order chi connectivity index (χ1) is 10.3. The van der Waals surface area contributed by atoms with Gasteiger partial charge in [-0.15, -0.1) is 0 Å². The van der Waals surface area contributed by atoms with E-state index < -0.39 is 0 Å². The van der Waals surface area contributed by atoms with Gasteiger partial charge in [-0.2, -0.15) is 0 Å². The zero-order valence-electron chi connectivity index (χ0n) is 12.5. The van der Waals surface area contributed by atoms with E-state index >= 15 is 0 Å². The van der Waals surface area contributed by atoms with Crippen LogP contribution in [0.5, 0.6) is 11.5 Å². The number of hydrogen-bond acceptors (Lipinski definition) is 5. The molecule has 1 N–H and O–H groups in total. The minimum absolute atomic E-state index is 0.494. The van der Waals surface area contributed by atoms with Crippen LogP contribution in [0.1, 0.15) is 24.6 Å². The number of rotatable bonds is 5. The Balaban J connectivity index is 2.13. The Morgan fingerprint density at radius 3 is 2.57 bits per heavy atom. The summed E-state index contributed by atoms with van der Waals surface area (Å²) in [7, 11) is 5.14. The largest absolute Gasteiger partial charge is 0.493 e. The fourth-order valence-corrected chi connectivity index (χ4v) is 2.34. The summed E-state index contributed by atoms with van der Waals surface area (Å²) in [5, 5.41) is 3.10. The third-order valence-corrected chi connectivity index (χ3v) is 3.62. The third-order valence-electron chi connectivity index (χ3n) is 3.62. The van der Waals surface area contributed by atoms with E-state index in [2.05, 4.69) is 10.3 Å². The minimum Gasteiger partial charge on any atom is -0.493 e. The Kier molecular flexibility index (Phi) is 3.64. The van der Waals surface area contributed by atoms with Crippen LogP contribution in [-0.2, 0) is 0 Å². The Labute approximate surface area is 124 Å². The molecule has 2 aromatic rings. The van der Waals surface area contributed by atoms with Gasteiger partial charge in [0.2, 0.25) is 0 Å². The van der Waals surface area contributed by atoms with E-state index in [-0.39, 0.29) is 0 Å². The van der Waals surface area contributed by atoms with Crippen LogP contribution in [0, 0.1) is 0 Å². The van der Waals surface area contributed by atoms with Crippen molar-refractivity contribution in [2.45, 2.75) is 18.8 Å². The molecule has 1 saturated carbocycles. The van der Waals surface area contributed by atoms with E-state index in [4.69, 9.17) is 14.5 Å². The summed E-state index contributed by atoms with van der Waals surface area (Å²) in [6.45, 7) is 0. The van der Waals surface area contributed by atoms with Gasteiger partial charge < -0.3 is 14.8 Å². The highest BCUT2D eigenvalue weighted by atomic mass is 16.5. The maximum Gasteiger partial charge on any atom is 0.170 e. The molecular formula is C16H19N3O2. The van der Waals surface area contributed by atoms with Crippen LogP contribution in [0.2, 0.25) is 0 Å². The second-order valence-electron chi connectivity index (χ2n) is 5.06. The van der Waals surface area contributed by atoms with E-state index in [0.29, 0.717) is 17.4 Å². The monoisotopic (exact) mass is 285 g/mol. The molecule has 1 fully saturated rings. The molecule has 0 bridgehead atoms. The van der Waals surface area contributed by atoms with Gasteiger partial charge in [0.25, 0.3) is 0 Å². The predicted molar refractivity (Wildman–Crippen MR) is 82.1 cm³/mol. The maximum atomic E-state index is 5.51. The first kappa shape index (κ1) is 13.7. The van der Waals surface area contributed by atoms with E-state index in [1.54, 1.807) is 14.2 Å². The summed E-state index contributed by atoms with van der Waals surface area (Å²) in [5.74, 6) is 3.62. The Hall–Kier alpha value is -2.30. The summed E-state index contributed by atoms with van der Waals surface area (Å²) >= 11 is 0. The molecule has 0 spiro atoms. The van der Waals surface area contributed by atoms with Gasteiger partial charge >= 0.3 is 0 Å². The van der Waals surface area contributed by atoms with Gasteiger partial charge in [-0.05, 0) is 25.0 Å². The van der Waals surface area contributed by atoms with Crippen molar-refractivity contribution in [3.63, 3.8) is 0 Å². The van der Waals surface area contributed by atoms with Gasteiger partial charge in [-0.3, -0.25) is 0 Å². The number of para-hydroxylation sites is 1. The number of anilines is 1. The molecule has 0 atom stereocenters. The highest BCUT2D eigenvalue weighted by molar-refractivity contribution is 5.72. The smallest absolute Gasteiger partial charge is 0.170 e. The average Bonchev–Trinajstić information content (AvgIpc) is 3.38. The molecule has 1 heterocycles. The number of methoxy groups -OCH3 is 2. The minimum atomic E-state index is 0.494. The van der Waals surface area contributed by atoms with Crippen molar-refractivity contribution in [2.75, 3.05) is 26.6 Å². The molecule has 3 rings (SSSR count). The fourth-order valence-electron chi connectivity index (χ4n) is 2.34. The number of benzene rings is 1. The third kappa shape index (κ3) is 2.63. The summed E-state index contributed by atoms with van der Waals surface area (Å²) < 4.78 is 10.9. The molecule has 1 aromatic carbocycles. The van der Waals surface area contributed by atoms with Crippen molar-refractivity contribution in [3.8, 4) is 22.8 Å². The Bertz CT molecular complexity index is 654. The standard InChI is InChI=1S/C16H19N3O2/c1-17-14-9-12(18-16(19-14)10-7-8-10)11-5-4-6-13(20-2)15(11)21-3/h4-6,9-10H,7-8H2,1-3H3,(H,17,18,19). The topological polar surface area (TPSA) is 56.3 Å². The first-order valence-corrected chi connectivity index (χ1v) is 7.05. The van der Waals surface area contributed by atoms with Gasteiger partial charge in [-0.1, -0.05) is 6.07 Å². The number of aromatic nitrogens is 2. The molecule has 0 aliphatic heterocycles. The SMILES string of the molecule is CNc1cc(-c2cccc(OC)c2OC)nc(C2CC2)n1. The van der Waals surface area contributed by atoms with Crippen LogP contribution in [0.3, 0.4) is 0 Å². The molecule has 0 unspecified atom stereocenters. The molecule has 0 amide bonds. The van der Waals surface area contributed by atoms with Crippen molar-refractivity contribution in [3.05, 3.63) is 30.1 Å². The van der Waals surface area contributed by atoms with Gasteiger partial charge in [0.15, 0.2) is 11.5 Å². The zero-order chi connectivity index (χ0) is 14.8. The molecule has 5 heteroatoms. The van der Waals surface area contributed by atoms with Crippen LogP contribution in [-0.4, -0.2) is 31.2 Å². The number of hydrogen-bond donors (Lipinski definition) is 1. The van der Waals surface area contributed by atoms with Gasteiger partial charge in [0.05, 0.1) is 19.9 Å². The van der Waals surface area contributed by atoms with Crippen molar-refractivity contribution >= 4 is 5.82 Å². The van der Waals surface area contributed by atoms with Crippen molar-refractivity contribution in [1.82, 2.24) is 9.97 Å². The summed E-state index contributed by atoms with van der Waals surface area (Å²) in [5.41, 5.74) is 1.77. The molecule has 0 saturated heterocycles.